The van der Waals surface area contributed by atoms with Crippen LogP contribution >= 0.6 is 0 Å². The van der Waals surface area contributed by atoms with Gasteiger partial charge in [0.15, 0.2) is 0 Å². The lowest BCUT2D eigenvalue weighted by molar-refractivity contribution is -0.985. The number of quaternary nitrogens is 1. The number of nitrogens with zero attached hydrogens (tertiary/aromatic N) is 1. The Labute approximate surface area is 83.2 Å². The minimum atomic E-state index is 0.286. The average molecular weight is 188 g/mol. The molecule has 0 atom stereocenters. The van der Waals surface area contributed by atoms with Crippen molar-refractivity contribution in [3.63, 3.8) is 0 Å². The molecule has 0 bridgehead atoms. The second-order valence-corrected chi connectivity index (χ2v) is 4.72. The second kappa shape index (κ2) is 4.97. The Balaban J connectivity index is 4.82. The number of hydrogen-bond acceptors (Lipinski definition) is 1. The fraction of sp³-hybridized carbons (Fsp3) is 1.00. The molecule has 0 heterocycles. The van der Waals surface area contributed by atoms with E-state index in [2.05, 4.69) is 41.5 Å². The monoisotopic (exact) mass is 188 g/mol. The number of aliphatic hydroxyl groups is 1. The highest BCUT2D eigenvalue weighted by atomic mass is 16.3. The highest BCUT2D eigenvalue weighted by Crippen LogP contribution is 2.23. The maximum Gasteiger partial charge on any atom is 0.103 e. The van der Waals surface area contributed by atoms with Crippen molar-refractivity contribution < 1.29 is 9.59 Å². The van der Waals surface area contributed by atoms with Gasteiger partial charge in [-0.25, -0.2) is 0 Å². The molecule has 0 aromatic carbocycles. The van der Waals surface area contributed by atoms with E-state index in [0.29, 0.717) is 18.1 Å². The third-order valence-corrected chi connectivity index (χ3v) is 3.37. The van der Waals surface area contributed by atoms with Crippen LogP contribution in [-0.2, 0) is 0 Å². The predicted octanol–water partition coefficient (Wildman–Crippen LogP) is 2.02. The normalized spacial score (nSPS) is 13.4. The first-order valence-electron chi connectivity index (χ1n) is 5.37. The molecule has 0 radical (unpaired) electrons. The van der Waals surface area contributed by atoms with E-state index in [-0.39, 0.29) is 6.61 Å². The summed E-state index contributed by atoms with van der Waals surface area (Å²) in [7, 11) is 0. The van der Waals surface area contributed by atoms with Crippen molar-refractivity contribution in [2.75, 3.05) is 13.2 Å². The van der Waals surface area contributed by atoms with Gasteiger partial charge in [-0.05, 0) is 41.5 Å². The third-order valence-electron chi connectivity index (χ3n) is 3.37. The van der Waals surface area contributed by atoms with Gasteiger partial charge in [0, 0.05) is 0 Å². The third kappa shape index (κ3) is 2.44. The molecule has 0 rings (SSSR count). The molecule has 0 saturated carbocycles. The molecule has 0 saturated heterocycles. The van der Waals surface area contributed by atoms with E-state index in [4.69, 9.17) is 5.11 Å². The minimum Gasteiger partial charge on any atom is -0.391 e. The fourth-order valence-electron chi connectivity index (χ4n) is 2.74. The first kappa shape index (κ1) is 12.9. The van der Waals surface area contributed by atoms with Crippen molar-refractivity contribution >= 4 is 0 Å². The lowest BCUT2D eigenvalue weighted by Gasteiger charge is -2.49. The van der Waals surface area contributed by atoms with Crippen molar-refractivity contribution in [2.24, 2.45) is 0 Å². The molecule has 0 amide bonds. The number of hydrogen-bond donors (Lipinski definition) is 1. The molecular weight excluding hydrogens is 162 g/mol. The van der Waals surface area contributed by atoms with Crippen molar-refractivity contribution in [3.8, 4) is 0 Å². The molecule has 0 aromatic rings. The van der Waals surface area contributed by atoms with Crippen LogP contribution in [0.3, 0.4) is 0 Å². The molecule has 0 aliphatic rings. The number of aliphatic hydroxyl groups excluding tert-OH is 1. The zero-order valence-electron chi connectivity index (χ0n) is 10.0. The summed E-state index contributed by atoms with van der Waals surface area (Å²) in [6.45, 7) is 14.6. The van der Waals surface area contributed by atoms with Gasteiger partial charge < -0.3 is 9.59 Å². The predicted molar refractivity (Wildman–Crippen MR) is 57.6 cm³/mol. The Hall–Kier alpha value is -0.0800. The Morgan fingerprint density at radius 3 is 1.23 bits per heavy atom. The van der Waals surface area contributed by atoms with E-state index < -0.39 is 0 Å². The summed E-state index contributed by atoms with van der Waals surface area (Å²) in [5, 5.41) is 9.13. The highest BCUT2D eigenvalue weighted by Gasteiger charge is 2.37. The molecule has 0 aliphatic heterocycles. The highest BCUT2D eigenvalue weighted by molar-refractivity contribution is 4.58. The molecule has 1 N–H and O–H groups in total. The molecule has 0 aliphatic carbocycles. The summed E-state index contributed by atoms with van der Waals surface area (Å²) >= 11 is 0. The van der Waals surface area contributed by atoms with Crippen LogP contribution in [0.25, 0.3) is 0 Å². The van der Waals surface area contributed by atoms with Gasteiger partial charge in [-0.2, -0.15) is 0 Å². The largest absolute Gasteiger partial charge is 0.391 e. The van der Waals surface area contributed by atoms with Crippen molar-refractivity contribution in [3.05, 3.63) is 0 Å². The maximum atomic E-state index is 9.13. The van der Waals surface area contributed by atoms with Crippen LogP contribution in [0.1, 0.15) is 41.5 Å². The summed E-state index contributed by atoms with van der Waals surface area (Å²) in [6, 6.07) is 1.73. The summed E-state index contributed by atoms with van der Waals surface area (Å²) in [5.74, 6) is 0. The Bertz CT molecular complexity index is 119. The molecule has 0 unspecified atom stereocenters. The van der Waals surface area contributed by atoms with Crippen LogP contribution in [0, 0.1) is 0 Å². The van der Waals surface area contributed by atoms with Crippen LogP contribution < -0.4 is 0 Å². The van der Waals surface area contributed by atoms with Crippen molar-refractivity contribution in [1.82, 2.24) is 0 Å². The van der Waals surface area contributed by atoms with E-state index in [1.807, 2.05) is 0 Å². The van der Waals surface area contributed by atoms with Crippen molar-refractivity contribution in [1.29, 1.82) is 0 Å². The van der Waals surface area contributed by atoms with Gasteiger partial charge >= 0.3 is 0 Å². The van der Waals surface area contributed by atoms with E-state index in [1.54, 1.807) is 0 Å². The molecule has 0 fully saturated rings. The van der Waals surface area contributed by atoms with Gasteiger partial charge in [0.05, 0.1) is 24.7 Å². The zero-order chi connectivity index (χ0) is 10.6. The van der Waals surface area contributed by atoms with Crippen molar-refractivity contribution in [2.45, 2.75) is 59.7 Å². The van der Waals surface area contributed by atoms with Gasteiger partial charge in [0.2, 0.25) is 0 Å². The van der Waals surface area contributed by atoms with Gasteiger partial charge in [-0.1, -0.05) is 0 Å². The SMILES string of the molecule is CC(C)[N+](CCO)(C(C)C)C(C)C. The fourth-order valence-corrected chi connectivity index (χ4v) is 2.74. The van der Waals surface area contributed by atoms with E-state index in [9.17, 15) is 0 Å². The van der Waals surface area contributed by atoms with Crippen LogP contribution in [-0.4, -0.2) is 40.9 Å². The summed E-state index contributed by atoms with van der Waals surface area (Å²) in [4.78, 5) is 0. The number of rotatable bonds is 5. The van der Waals surface area contributed by atoms with Crippen LogP contribution in [0.15, 0.2) is 0 Å². The maximum absolute atomic E-state index is 9.13. The average Bonchev–Trinajstić information content (AvgIpc) is 1.97. The van der Waals surface area contributed by atoms with E-state index in [1.165, 1.54) is 0 Å². The van der Waals surface area contributed by atoms with Gasteiger partial charge in [-0.3, -0.25) is 0 Å². The molecule has 0 spiro atoms. The first-order chi connectivity index (χ1) is 5.89. The lowest BCUT2D eigenvalue weighted by Crippen LogP contribution is -2.62. The smallest absolute Gasteiger partial charge is 0.103 e. The van der Waals surface area contributed by atoms with Gasteiger partial charge in [0.25, 0.3) is 0 Å². The summed E-state index contributed by atoms with van der Waals surface area (Å²) in [5.41, 5.74) is 0. The lowest BCUT2D eigenvalue weighted by atomic mass is 10.1. The first-order valence-corrected chi connectivity index (χ1v) is 5.37. The van der Waals surface area contributed by atoms with Gasteiger partial charge in [0.1, 0.15) is 6.54 Å². The molecule has 13 heavy (non-hydrogen) atoms. The molecular formula is C11H26NO+. The molecule has 2 nitrogen and oxygen atoms in total. The molecule has 80 valence electrons. The Morgan fingerprint density at radius 2 is 1.15 bits per heavy atom. The van der Waals surface area contributed by atoms with Gasteiger partial charge in [-0.15, -0.1) is 0 Å². The van der Waals surface area contributed by atoms with Crippen LogP contribution in [0.5, 0.6) is 0 Å². The zero-order valence-corrected chi connectivity index (χ0v) is 10.0. The minimum absolute atomic E-state index is 0.286. The quantitative estimate of drug-likeness (QED) is 0.654. The topological polar surface area (TPSA) is 20.2 Å². The Morgan fingerprint density at radius 1 is 0.846 bits per heavy atom. The Kier molecular flexibility index (Phi) is 4.93. The standard InChI is InChI=1S/C11H26NO/c1-9(2)12(7-8-13,10(3)4)11(5)6/h9-11,13H,7-8H2,1-6H3/q+1. The molecule has 2 heteroatoms. The summed E-state index contributed by atoms with van der Waals surface area (Å²) < 4.78 is 1.01. The molecule has 0 aromatic heterocycles. The van der Waals surface area contributed by atoms with E-state index >= 15 is 0 Å². The van der Waals surface area contributed by atoms with E-state index in [0.717, 1.165) is 11.0 Å². The van der Waals surface area contributed by atoms with Crippen LogP contribution in [0.4, 0.5) is 0 Å². The van der Waals surface area contributed by atoms with Crippen LogP contribution in [0.2, 0.25) is 0 Å². The second-order valence-electron chi connectivity index (χ2n) is 4.72. The summed E-state index contributed by atoms with van der Waals surface area (Å²) in [6.07, 6.45) is 0.